The summed E-state index contributed by atoms with van der Waals surface area (Å²) in [6.07, 6.45) is 4.86. The zero-order valence-corrected chi connectivity index (χ0v) is 20.4. The highest BCUT2D eigenvalue weighted by Gasteiger charge is 2.13. The fourth-order valence-corrected chi connectivity index (χ4v) is 3.40. The predicted molar refractivity (Wildman–Crippen MR) is 134 cm³/mol. The SMILES string of the molecule is C=CCOc1ccc(C(=O)N/N=C/c2cc(I)c(OCC=C)c(OCC)c2)cc1OCC. The molecule has 2 aromatic carbocycles. The van der Waals surface area contributed by atoms with Crippen LogP contribution in [0.1, 0.15) is 29.8 Å². The molecule has 0 fully saturated rings. The first-order chi connectivity index (χ1) is 15.5. The molecule has 0 heterocycles. The van der Waals surface area contributed by atoms with Gasteiger partial charge in [-0.15, -0.1) is 0 Å². The number of nitrogens with zero attached hydrogens (tertiary/aromatic N) is 1. The van der Waals surface area contributed by atoms with E-state index in [0.717, 1.165) is 9.13 Å². The van der Waals surface area contributed by atoms with Crippen LogP contribution in [0.15, 0.2) is 60.7 Å². The van der Waals surface area contributed by atoms with Crippen molar-refractivity contribution >= 4 is 34.7 Å². The smallest absolute Gasteiger partial charge is 0.271 e. The van der Waals surface area contributed by atoms with Crippen LogP contribution in [0.5, 0.6) is 23.0 Å². The minimum absolute atomic E-state index is 0.343. The molecule has 0 aliphatic heterocycles. The highest BCUT2D eigenvalue weighted by molar-refractivity contribution is 14.1. The fourth-order valence-electron chi connectivity index (χ4n) is 2.62. The van der Waals surface area contributed by atoms with Crippen LogP contribution < -0.4 is 24.4 Å². The molecule has 2 aromatic rings. The lowest BCUT2D eigenvalue weighted by molar-refractivity contribution is 0.0954. The van der Waals surface area contributed by atoms with E-state index in [0.29, 0.717) is 55.0 Å². The number of rotatable bonds is 13. The maximum atomic E-state index is 12.5. The largest absolute Gasteiger partial charge is 0.490 e. The first kappa shape index (κ1) is 25.3. The maximum absolute atomic E-state index is 12.5. The Bertz CT molecular complexity index is 975. The van der Waals surface area contributed by atoms with Crippen LogP contribution in [-0.4, -0.2) is 38.5 Å². The van der Waals surface area contributed by atoms with E-state index in [-0.39, 0.29) is 5.91 Å². The van der Waals surface area contributed by atoms with Gasteiger partial charge in [-0.25, -0.2) is 5.43 Å². The van der Waals surface area contributed by atoms with Gasteiger partial charge in [-0.2, -0.15) is 5.10 Å². The molecular weight excluding hydrogens is 523 g/mol. The monoisotopic (exact) mass is 550 g/mol. The Balaban J connectivity index is 2.14. The summed E-state index contributed by atoms with van der Waals surface area (Å²) in [5, 5.41) is 4.07. The lowest BCUT2D eigenvalue weighted by Gasteiger charge is -2.13. The highest BCUT2D eigenvalue weighted by Crippen LogP contribution is 2.34. The Labute approximate surface area is 202 Å². The first-order valence-electron chi connectivity index (χ1n) is 10.1. The van der Waals surface area contributed by atoms with Gasteiger partial charge >= 0.3 is 0 Å². The molecule has 0 aliphatic carbocycles. The van der Waals surface area contributed by atoms with Gasteiger partial charge < -0.3 is 18.9 Å². The van der Waals surface area contributed by atoms with Gasteiger partial charge in [0.2, 0.25) is 0 Å². The summed E-state index contributed by atoms with van der Waals surface area (Å²) >= 11 is 2.17. The summed E-state index contributed by atoms with van der Waals surface area (Å²) in [6, 6.07) is 8.64. The molecule has 2 rings (SSSR count). The third-order valence-electron chi connectivity index (χ3n) is 3.92. The second-order valence-electron chi connectivity index (χ2n) is 6.26. The molecule has 1 amide bonds. The van der Waals surface area contributed by atoms with Crippen LogP contribution in [0.4, 0.5) is 0 Å². The second-order valence-corrected chi connectivity index (χ2v) is 7.42. The van der Waals surface area contributed by atoms with E-state index in [9.17, 15) is 4.79 Å². The van der Waals surface area contributed by atoms with Crippen molar-refractivity contribution in [1.29, 1.82) is 0 Å². The Hall–Kier alpha value is -3.01. The van der Waals surface area contributed by atoms with Crippen LogP contribution in [0, 0.1) is 3.57 Å². The summed E-state index contributed by atoms with van der Waals surface area (Å²) in [5.74, 6) is 1.91. The summed E-state index contributed by atoms with van der Waals surface area (Å²) in [5.41, 5.74) is 3.68. The van der Waals surface area contributed by atoms with Gasteiger partial charge in [0.25, 0.3) is 5.91 Å². The average molecular weight is 550 g/mol. The number of hydrogen-bond donors (Lipinski definition) is 1. The normalized spacial score (nSPS) is 10.5. The van der Waals surface area contributed by atoms with Crippen LogP contribution in [0.3, 0.4) is 0 Å². The Morgan fingerprint density at radius 1 is 0.969 bits per heavy atom. The Kier molecular flexibility index (Phi) is 10.6. The molecule has 0 atom stereocenters. The second kappa shape index (κ2) is 13.4. The van der Waals surface area contributed by atoms with Gasteiger partial charge in [-0.1, -0.05) is 25.3 Å². The van der Waals surface area contributed by atoms with Crippen LogP contribution in [-0.2, 0) is 0 Å². The summed E-state index contributed by atoms with van der Waals surface area (Å²) in [7, 11) is 0. The number of carbonyl (C=O) groups excluding carboxylic acids is 1. The standard InChI is InChI=1S/C24H27IN2O5/c1-5-11-31-20-10-9-18(15-21(20)29-7-3)24(28)27-26-16-17-13-19(25)23(32-12-6-2)22(14-17)30-8-4/h5-6,9-10,13-16H,1-2,7-8,11-12H2,3-4H3,(H,27,28)/b26-16+. The van der Waals surface area contributed by atoms with Gasteiger partial charge in [0.05, 0.1) is 23.0 Å². The van der Waals surface area contributed by atoms with E-state index in [1.807, 2.05) is 19.9 Å². The number of nitrogens with one attached hydrogen (secondary N) is 1. The predicted octanol–water partition coefficient (Wildman–Crippen LogP) is 4.98. The van der Waals surface area contributed by atoms with Crippen molar-refractivity contribution in [3.05, 3.63) is 70.3 Å². The third-order valence-corrected chi connectivity index (χ3v) is 4.72. The minimum atomic E-state index is -0.372. The van der Waals surface area contributed by atoms with Crippen molar-refractivity contribution in [3.8, 4) is 23.0 Å². The van der Waals surface area contributed by atoms with E-state index >= 15 is 0 Å². The number of ether oxygens (including phenoxy) is 4. The van der Waals surface area contributed by atoms with E-state index in [1.54, 1.807) is 42.6 Å². The number of benzene rings is 2. The van der Waals surface area contributed by atoms with Crippen LogP contribution in [0.25, 0.3) is 0 Å². The molecule has 0 aliphatic rings. The summed E-state index contributed by atoms with van der Waals surface area (Å²) < 4.78 is 23.4. The first-order valence-corrected chi connectivity index (χ1v) is 11.2. The Morgan fingerprint density at radius 3 is 2.34 bits per heavy atom. The van der Waals surface area contributed by atoms with Crippen molar-refractivity contribution in [2.24, 2.45) is 5.10 Å². The maximum Gasteiger partial charge on any atom is 0.271 e. The van der Waals surface area contributed by atoms with Crippen LogP contribution >= 0.6 is 22.6 Å². The van der Waals surface area contributed by atoms with Crippen molar-refractivity contribution in [2.75, 3.05) is 26.4 Å². The van der Waals surface area contributed by atoms with E-state index in [1.165, 1.54) is 0 Å². The molecule has 0 unspecified atom stereocenters. The molecule has 0 aromatic heterocycles. The third kappa shape index (κ3) is 7.30. The zero-order chi connectivity index (χ0) is 23.3. The van der Waals surface area contributed by atoms with Gasteiger partial charge in [0, 0.05) is 5.56 Å². The molecule has 32 heavy (non-hydrogen) atoms. The molecule has 0 saturated heterocycles. The highest BCUT2D eigenvalue weighted by atomic mass is 127. The molecule has 7 nitrogen and oxygen atoms in total. The van der Waals surface area contributed by atoms with Crippen LogP contribution in [0.2, 0.25) is 0 Å². The topological polar surface area (TPSA) is 78.4 Å². The average Bonchev–Trinajstić information content (AvgIpc) is 2.78. The van der Waals surface area contributed by atoms with Gasteiger partial charge in [-0.05, 0) is 72.3 Å². The molecule has 170 valence electrons. The molecule has 0 saturated carbocycles. The molecular formula is C24H27IN2O5. The molecule has 1 N–H and O–H groups in total. The van der Waals surface area contributed by atoms with Crippen molar-refractivity contribution in [3.63, 3.8) is 0 Å². The number of halogens is 1. The zero-order valence-electron chi connectivity index (χ0n) is 18.2. The number of amides is 1. The number of hydrazone groups is 1. The van der Waals surface area contributed by atoms with Crippen molar-refractivity contribution in [2.45, 2.75) is 13.8 Å². The number of hydrogen-bond acceptors (Lipinski definition) is 6. The van der Waals surface area contributed by atoms with Gasteiger partial charge in [0.1, 0.15) is 13.2 Å². The molecule has 0 spiro atoms. The lowest BCUT2D eigenvalue weighted by Crippen LogP contribution is -2.17. The van der Waals surface area contributed by atoms with Crippen molar-refractivity contribution < 1.29 is 23.7 Å². The van der Waals surface area contributed by atoms with Gasteiger partial charge in [-0.3, -0.25) is 4.79 Å². The van der Waals surface area contributed by atoms with E-state index in [4.69, 9.17) is 18.9 Å². The molecule has 8 heteroatoms. The van der Waals surface area contributed by atoms with E-state index < -0.39 is 0 Å². The Morgan fingerprint density at radius 2 is 1.66 bits per heavy atom. The molecule has 0 radical (unpaired) electrons. The molecule has 0 bridgehead atoms. The van der Waals surface area contributed by atoms with Gasteiger partial charge in [0.15, 0.2) is 23.0 Å². The summed E-state index contributed by atoms with van der Waals surface area (Å²) in [4.78, 5) is 12.5. The van der Waals surface area contributed by atoms with E-state index in [2.05, 4.69) is 46.3 Å². The summed E-state index contributed by atoms with van der Waals surface area (Å²) in [6.45, 7) is 12.7. The lowest BCUT2D eigenvalue weighted by atomic mass is 10.2. The minimum Gasteiger partial charge on any atom is -0.490 e. The number of carbonyl (C=O) groups is 1. The fraction of sp³-hybridized carbons (Fsp3) is 0.250. The quantitative estimate of drug-likeness (QED) is 0.165. The van der Waals surface area contributed by atoms with Crippen molar-refractivity contribution in [1.82, 2.24) is 5.43 Å².